The number of aromatic nitrogens is 2. The average Bonchev–Trinajstić information content (AvgIpc) is 2.71. The van der Waals surface area contributed by atoms with Gasteiger partial charge in [0.15, 0.2) is 0 Å². The number of halogens is 1. The van der Waals surface area contributed by atoms with Crippen LogP contribution >= 0.6 is 11.6 Å². The van der Waals surface area contributed by atoms with E-state index in [0.29, 0.717) is 11.6 Å². The molecule has 2 rings (SSSR count). The largest absolute Gasteiger partial charge is 0.316 e. The summed E-state index contributed by atoms with van der Waals surface area (Å²) in [5.74, 6) is 0. The summed E-state index contributed by atoms with van der Waals surface area (Å²) in [6, 6.07) is 7.37. The van der Waals surface area contributed by atoms with Gasteiger partial charge in [0.1, 0.15) is 0 Å². The first-order valence-electron chi connectivity index (χ1n) is 4.46. The number of hydrogen-bond acceptors (Lipinski definition) is 3. The van der Waals surface area contributed by atoms with Gasteiger partial charge in [-0.2, -0.15) is 5.10 Å². The monoisotopic (exact) mass is 223 g/mol. The fraction of sp³-hybridized carbons (Fsp3) is 0.100. The van der Waals surface area contributed by atoms with Crippen molar-refractivity contribution >= 4 is 11.6 Å². The predicted molar refractivity (Wildman–Crippen MR) is 57.2 cm³/mol. The molecule has 0 saturated carbocycles. The maximum Gasteiger partial charge on any atom is 0.0831 e. The highest BCUT2D eigenvalue weighted by molar-refractivity contribution is 6.32. The number of nitrogens with zero attached hydrogens (tertiary/aromatic N) is 2. The van der Waals surface area contributed by atoms with E-state index in [0.717, 1.165) is 11.3 Å². The molecule has 0 fully saturated rings. The minimum atomic E-state index is 0.374. The molecule has 1 aromatic carbocycles. The lowest BCUT2D eigenvalue weighted by Gasteiger charge is -2.06. The fourth-order valence-corrected chi connectivity index (χ4v) is 1.64. The number of benzene rings is 1. The second kappa shape index (κ2) is 4.44. The zero-order valence-electron chi connectivity index (χ0n) is 7.89. The van der Waals surface area contributed by atoms with Gasteiger partial charge in [0, 0.05) is 18.9 Å². The van der Waals surface area contributed by atoms with Gasteiger partial charge in [0.05, 0.1) is 10.7 Å². The van der Waals surface area contributed by atoms with E-state index < -0.39 is 0 Å². The lowest BCUT2D eigenvalue weighted by Crippen LogP contribution is -2.06. The zero-order valence-corrected chi connectivity index (χ0v) is 8.65. The Hall–Kier alpha value is -1.36. The van der Waals surface area contributed by atoms with Gasteiger partial charge in [-0.15, -0.1) is 0 Å². The predicted octanol–water partition coefficient (Wildman–Crippen LogP) is 2.00. The topological polar surface area (TPSA) is 50.1 Å². The number of rotatable bonds is 3. The van der Waals surface area contributed by atoms with Gasteiger partial charge in [-0.1, -0.05) is 17.7 Å². The van der Waals surface area contributed by atoms with Crippen molar-refractivity contribution in [1.82, 2.24) is 15.3 Å². The summed E-state index contributed by atoms with van der Waals surface area (Å²) in [5, 5.41) is 13.2. The van der Waals surface area contributed by atoms with Gasteiger partial charge in [-0.3, -0.25) is 0 Å². The van der Waals surface area contributed by atoms with E-state index in [9.17, 15) is 0 Å². The summed E-state index contributed by atoms with van der Waals surface area (Å²) in [5.41, 5.74) is 3.82. The maximum atomic E-state index is 8.55. The summed E-state index contributed by atoms with van der Waals surface area (Å²) < 4.78 is 1.69. The van der Waals surface area contributed by atoms with Crippen LogP contribution in [0.5, 0.6) is 0 Å². The molecule has 15 heavy (non-hydrogen) atoms. The third-order valence-electron chi connectivity index (χ3n) is 2.05. The molecule has 0 unspecified atom stereocenters. The molecule has 0 atom stereocenters. The maximum absolute atomic E-state index is 8.55. The van der Waals surface area contributed by atoms with Crippen LogP contribution in [0.4, 0.5) is 0 Å². The van der Waals surface area contributed by atoms with Crippen molar-refractivity contribution in [3.63, 3.8) is 0 Å². The second-order valence-corrected chi connectivity index (χ2v) is 3.48. The number of hydrogen-bond donors (Lipinski definition) is 2. The van der Waals surface area contributed by atoms with Crippen molar-refractivity contribution in [2.75, 3.05) is 0 Å². The van der Waals surface area contributed by atoms with Crippen LogP contribution in [0, 0.1) is 0 Å². The summed E-state index contributed by atoms with van der Waals surface area (Å²) in [6.07, 6.45) is 3.52. The van der Waals surface area contributed by atoms with Crippen LogP contribution in [0.25, 0.3) is 5.69 Å². The van der Waals surface area contributed by atoms with Crippen LogP contribution in [0.2, 0.25) is 5.02 Å². The lowest BCUT2D eigenvalue weighted by atomic mass is 10.2. The smallest absolute Gasteiger partial charge is 0.0831 e. The van der Waals surface area contributed by atoms with Crippen LogP contribution < -0.4 is 5.48 Å². The first kappa shape index (κ1) is 10.2. The SMILES string of the molecule is ONCc1ccc(-n2cccn2)c(Cl)c1. The van der Waals surface area contributed by atoms with Crippen LogP contribution in [0.3, 0.4) is 0 Å². The van der Waals surface area contributed by atoms with Crippen LogP contribution in [0.15, 0.2) is 36.7 Å². The van der Waals surface area contributed by atoms with Crippen LogP contribution in [-0.4, -0.2) is 15.0 Å². The highest BCUT2D eigenvalue weighted by Gasteiger charge is 2.03. The quantitative estimate of drug-likeness (QED) is 0.783. The average molecular weight is 224 g/mol. The molecule has 4 nitrogen and oxygen atoms in total. The molecule has 0 aliphatic heterocycles. The van der Waals surface area contributed by atoms with E-state index in [1.54, 1.807) is 16.9 Å². The van der Waals surface area contributed by atoms with E-state index in [1.165, 1.54) is 0 Å². The Labute approximate surface area is 92.1 Å². The highest BCUT2D eigenvalue weighted by Crippen LogP contribution is 2.21. The van der Waals surface area contributed by atoms with Crippen molar-refractivity contribution in [2.45, 2.75) is 6.54 Å². The summed E-state index contributed by atoms with van der Waals surface area (Å²) in [6.45, 7) is 0.374. The Kier molecular flexibility index (Phi) is 3.01. The first-order valence-corrected chi connectivity index (χ1v) is 4.84. The molecular weight excluding hydrogens is 214 g/mol. The third-order valence-corrected chi connectivity index (χ3v) is 2.35. The molecule has 0 spiro atoms. The van der Waals surface area contributed by atoms with Gasteiger partial charge in [0.25, 0.3) is 0 Å². The van der Waals surface area contributed by atoms with Gasteiger partial charge < -0.3 is 5.21 Å². The van der Waals surface area contributed by atoms with E-state index in [2.05, 4.69) is 10.6 Å². The highest BCUT2D eigenvalue weighted by atomic mass is 35.5. The minimum Gasteiger partial charge on any atom is -0.316 e. The van der Waals surface area contributed by atoms with Crippen LogP contribution in [-0.2, 0) is 6.54 Å². The van der Waals surface area contributed by atoms with Crippen molar-refractivity contribution in [1.29, 1.82) is 0 Å². The Balaban J connectivity index is 2.35. The lowest BCUT2D eigenvalue weighted by molar-refractivity contribution is 0.161. The molecule has 0 bridgehead atoms. The molecular formula is C10H10ClN3O. The second-order valence-electron chi connectivity index (χ2n) is 3.07. The summed E-state index contributed by atoms with van der Waals surface area (Å²) in [4.78, 5) is 0. The van der Waals surface area contributed by atoms with E-state index in [4.69, 9.17) is 16.8 Å². The van der Waals surface area contributed by atoms with Gasteiger partial charge in [-0.05, 0) is 23.8 Å². The number of hydroxylamine groups is 1. The molecule has 0 radical (unpaired) electrons. The van der Waals surface area contributed by atoms with Crippen molar-refractivity contribution in [3.8, 4) is 5.69 Å². The molecule has 5 heteroatoms. The van der Waals surface area contributed by atoms with Gasteiger partial charge in [0.2, 0.25) is 0 Å². The van der Waals surface area contributed by atoms with Crippen molar-refractivity contribution < 1.29 is 5.21 Å². The molecule has 2 aromatic rings. The standard InChI is InChI=1S/C10H10ClN3O/c11-9-6-8(7-13-15)2-3-10(9)14-5-1-4-12-14/h1-6,13,15H,7H2. The first-order chi connectivity index (χ1) is 7.31. The van der Waals surface area contributed by atoms with Crippen LogP contribution in [0.1, 0.15) is 5.56 Å². The Morgan fingerprint density at radius 2 is 2.33 bits per heavy atom. The molecule has 78 valence electrons. The summed E-state index contributed by atoms with van der Waals surface area (Å²) >= 11 is 6.09. The van der Waals surface area contributed by atoms with E-state index >= 15 is 0 Å². The van der Waals surface area contributed by atoms with Gasteiger partial charge >= 0.3 is 0 Å². The Bertz CT molecular complexity index is 442. The third kappa shape index (κ3) is 2.18. The normalized spacial score (nSPS) is 10.5. The van der Waals surface area contributed by atoms with Crippen molar-refractivity contribution in [2.24, 2.45) is 0 Å². The zero-order chi connectivity index (χ0) is 10.7. The number of nitrogens with one attached hydrogen (secondary N) is 1. The molecule has 1 aromatic heterocycles. The molecule has 1 heterocycles. The minimum absolute atomic E-state index is 0.374. The molecule has 0 aliphatic carbocycles. The molecule has 2 N–H and O–H groups in total. The molecule has 0 saturated heterocycles. The summed E-state index contributed by atoms with van der Waals surface area (Å²) in [7, 11) is 0. The Morgan fingerprint density at radius 1 is 1.47 bits per heavy atom. The molecule has 0 aliphatic rings. The molecule has 0 amide bonds. The van der Waals surface area contributed by atoms with E-state index in [-0.39, 0.29) is 0 Å². The fourth-order valence-electron chi connectivity index (χ4n) is 1.35. The van der Waals surface area contributed by atoms with Gasteiger partial charge in [-0.25, -0.2) is 10.2 Å². The van der Waals surface area contributed by atoms with E-state index in [1.807, 2.05) is 24.4 Å². The van der Waals surface area contributed by atoms with Crippen molar-refractivity contribution in [3.05, 3.63) is 47.2 Å². The Morgan fingerprint density at radius 3 is 2.93 bits per heavy atom.